The van der Waals surface area contributed by atoms with E-state index in [1.165, 1.54) is 12.8 Å². The molecule has 1 atom stereocenters. The Labute approximate surface area is 119 Å². The Bertz CT molecular complexity index is 355. The summed E-state index contributed by atoms with van der Waals surface area (Å²) in [6, 6.07) is 5.46. The molecule has 1 aromatic carbocycles. The first-order valence-corrected chi connectivity index (χ1v) is 7.01. The number of hydrogen-bond donors (Lipinski definition) is 0. The van der Waals surface area contributed by atoms with Crippen LogP contribution < -0.4 is 0 Å². The lowest BCUT2D eigenvalue weighted by Gasteiger charge is -2.20. The largest absolute Gasteiger partial charge is 0.305 e. The van der Waals surface area contributed by atoms with Crippen LogP contribution >= 0.6 is 34.8 Å². The highest BCUT2D eigenvalue weighted by atomic mass is 35.5. The first-order chi connectivity index (χ1) is 8.04. The quantitative estimate of drug-likeness (QED) is 0.667. The lowest BCUT2D eigenvalue weighted by atomic mass is 10.1. The molecule has 0 heterocycles. The minimum absolute atomic E-state index is 0.0957. The Hall–Kier alpha value is 0.0500. The maximum absolute atomic E-state index is 6.37. The van der Waals surface area contributed by atoms with Gasteiger partial charge in [0.25, 0.3) is 0 Å². The number of rotatable bonds is 6. The second kappa shape index (κ2) is 7.48. The molecule has 0 aliphatic rings. The Kier molecular flexibility index (Phi) is 6.65. The van der Waals surface area contributed by atoms with Crippen LogP contribution in [0.5, 0.6) is 0 Å². The number of halogens is 3. The molecule has 0 aromatic heterocycles. The number of likely N-dealkylation sites (N-methyl/N-ethyl adjacent to an activating group) is 1. The Balaban J connectivity index is 2.60. The predicted octanol–water partition coefficient (Wildman–Crippen LogP) is 5.01. The van der Waals surface area contributed by atoms with Crippen LogP contribution in [-0.2, 0) is 0 Å². The van der Waals surface area contributed by atoms with Gasteiger partial charge in [0, 0.05) is 16.6 Å². The number of benzene rings is 1. The molecule has 1 rings (SSSR count). The molecule has 0 bridgehead atoms. The normalized spacial score (nSPS) is 13.1. The van der Waals surface area contributed by atoms with E-state index in [1.54, 1.807) is 6.07 Å². The van der Waals surface area contributed by atoms with Crippen molar-refractivity contribution in [3.8, 4) is 0 Å². The molecule has 0 spiro atoms. The van der Waals surface area contributed by atoms with E-state index in [4.69, 9.17) is 34.8 Å². The van der Waals surface area contributed by atoms with Crippen LogP contribution in [0.3, 0.4) is 0 Å². The maximum Gasteiger partial charge on any atom is 0.0726 e. The monoisotopic (exact) mass is 293 g/mol. The van der Waals surface area contributed by atoms with E-state index in [1.807, 2.05) is 12.1 Å². The average molecular weight is 295 g/mol. The van der Waals surface area contributed by atoms with Gasteiger partial charge in [-0.1, -0.05) is 42.6 Å². The number of unbranched alkanes of at least 4 members (excludes halogenated alkanes) is 1. The van der Waals surface area contributed by atoms with E-state index in [0.29, 0.717) is 10.0 Å². The van der Waals surface area contributed by atoms with Gasteiger partial charge in [0.15, 0.2) is 0 Å². The van der Waals surface area contributed by atoms with Gasteiger partial charge in [-0.3, -0.25) is 0 Å². The van der Waals surface area contributed by atoms with Gasteiger partial charge in [0.1, 0.15) is 0 Å². The molecule has 0 aliphatic carbocycles. The second-order valence-electron chi connectivity index (χ2n) is 4.25. The fourth-order valence-electron chi connectivity index (χ4n) is 1.65. The van der Waals surface area contributed by atoms with E-state index < -0.39 is 0 Å². The predicted molar refractivity (Wildman–Crippen MR) is 77.5 cm³/mol. The summed E-state index contributed by atoms with van der Waals surface area (Å²) in [5.41, 5.74) is 0.945. The van der Waals surface area contributed by atoms with Gasteiger partial charge in [-0.15, -0.1) is 11.6 Å². The first kappa shape index (κ1) is 15.1. The molecule has 0 amide bonds. The van der Waals surface area contributed by atoms with Crippen LogP contribution in [0.4, 0.5) is 0 Å². The van der Waals surface area contributed by atoms with Crippen molar-refractivity contribution >= 4 is 34.8 Å². The highest BCUT2D eigenvalue weighted by Gasteiger charge is 2.14. The van der Waals surface area contributed by atoms with Crippen LogP contribution in [0, 0.1) is 0 Å². The number of nitrogens with zero attached hydrogens (tertiary/aromatic N) is 1. The lowest BCUT2D eigenvalue weighted by Crippen LogP contribution is -2.23. The highest BCUT2D eigenvalue weighted by molar-refractivity contribution is 6.35. The Morgan fingerprint density at radius 3 is 2.59 bits per heavy atom. The van der Waals surface area contributed by atoms with Crippen molar-refractivity contribution < 1.29 is 0 Å². The van der Waals surface area contributed by atoms with Crippen LogP contribution in [0.25, 0.3) is 0 Å². The van der Waals surface area contributed by atoms with Crippen molar-refractivity contribution in [1.29, 1.82) is 0 Å². The molecule has 0 saturated heterocycles. The molecule has 1 nitrogen and oxygen atoms in total. The molecule has 0 aliphatic heterocycles. The second-order valence-corrected chi connectivity index (χ2v) is 5.62. The zero-order chi connectivity index (χ0) is 12.8. The van der Waals surface area contributed by atoms with Gasteiger partial charge in [0.2, 0.25) is 0 Å². The molecule has 96 valence electrons. The summed E-state index contributed by atoms with van der Waals surface area (Å²) in [4.78, 5) is 2.23. The summed E-state index contributed by atoms with van der Waals surface area (Å²) in [5.74, 6) is 0. The van der Waals surface area contributed by atoms with E-state index in [2.05, 4.69) is 18.9 Å². The summed E-state index contributed by atoms with van der Waals surface area (Å²) in [7, 11) is 2.08. The zero-order valence-electron chi connectivity index (χ0n) is 10.2. The summed E-state index contributed by atoms with van der Waals surface area (Å²) in [5, 5.41) is 1.19. The van der Waals surface area contributed by atoms with Crippen molar-refractivity contribution in [2.75, 3.05) is 20.1 Å². The molecule has 0 saturated carbocycles. The number of alkyl halides is 1. The van der Waals surface area contributed by atoms with Crippen molar-refractivity contribution in [3.63, 3.8) is 0 Å². The summed E-state index contributed by atoms with van der Waals surface area (Å²) in [6.45, 7) is 4.04. The van der Waals surface area contributed by atoms with Crippen molar-refractivity contribution in [2.45, 2.75) is 25.1 Å². The lowest BCUT2D eigenvalue weighted by molar-refractivity contribution is 0.328. The summed E-state index contributed by atoms with van der Waals surface area (Å²) >= 11 is 18.4. The van der Waals surface area contributed by atoms with E-state index in [-0.39, 0.29) is 5.38 Å². The molecular formula is C13H18Cl3N. The van der Waals surface area contributed by atoms with Crippen molar-refractivity contribution in [3.05, 3.63) is 33.8 Å². The highest BCUT2D eigenvalue weighted by Crippen LogP contribution is 2.30. The summed E-state index contributed by atoms with van der Waals surface area (Å²) in [6.07, 6.45) is 2.38. The minimum atomic E-state index is -0.0957. The molecule has 1 aromatic rings. The maximum atomic E-state index is 6.37. The SMILES string of the molecule is CCCCN(C)CC(Cl)c1ccc(Cl)cc1Cl. The van der Waals surface area contributed by atoms with Gasteiger partial charge in [-0.2, -0.15) is 0 Å². The van der Waals surface area contributed by atoms with E-state index in [9.17, 15) is 0 Å². The van der Waals surface area contributed by atoms with Gasteiger partial charge < -0.3 is 4.90 Å². The van der Waals surface area contributed by atoms with Crippen molar-refractivity contribution in [1.82, 2.24) is 4.90 Å². The number of hydrogen-bond acceptors (Lipinski definition) is 1. The molecule has 0 radical (unpaired) electrons. The van der Waals surface area contributed by atoms with Gasteiger partial charge in [-0.05, 0) is 37.7 Å². The average Bonchev–Trinajstić information content (AvgIpc) is 2.26. The molecule has 4 heteroatoms. The van der Waals surface area contributed by atoms with E-state index in [0.717, 1.165) is 18.7 Å². The first-order valence-electron chi connectivity index (χ1n) is 5.82. The fourth-order valence-corrected chi connectivity index (χ4v) is 2.67. The molecular weight excluding hydrogens is 277 g/mol. The Morgan fingerprint density at radius 1 is 1.29 bits per heavy atom. The third-order valence-electron chi connectivity index (χ3n) is 2.67. The third kappa shape index (κ3) is 5.05. The van der Waals surface area contributed by atoms with Gasteiger partial charge in [-0.25, -0.2) is 0 Å². The van der Waals surface area contributed by atoms with Gasteiger partial charge in [0.05, 0.1) is 5.38 Å². The third-order valence-corrected chi connectivity index (χ3v) is 3.60. The van der Waals surface area contributed by atoms with E-state index >= 15 is 0 Å². The van der Waals surface area contributed by atoms with Crippen molar-refractivity contribution in [2.24, 2.45) is 0 Å². The Morgan fingerprint density at radius 2 is 2.00 bits per heavy atom. The molecule has 17 heavy (non-hydrogen) atoms. The summed E-state index contributed by atoms with van der Waals surface area (Å²) < 4.78 is 0. The molecule has 0 N–H and O–H groups in total. The zero-order valence-corrected chi connectivity index (χ0v) is 12.5. The topological polar surface area (TPSA) is 3.24 Å². The molecule has 0 fully saturated rings. The molecule has 1 unspecified atom stereocenters. The van der Waals surface area contributed by atoms with Crippen LogP contribution in [0.2, 0.25) is 10.0 Å². The van der Waals surface area contributed by atoms with Gasteiger partial charge >= 0.3 is 0 Å². The van der Waals surface area contributed by atoms with Crippen LogP contribution in [-0.4, -0.2) is 25.0 Å². The van der Waals surface area contributed by atoms with Crippen LogP contribution in [0.15, 0.2) is 18.2 Å². The fraction of sp³-hybridized carbons (Fsp3) is 0.538. The minimum Gasteiger partial charge on any atom is -0.305 e. The standard InChI is InChI=1S/C13H18Cl3N/c1-3-4-7-17(2)9-13(16)11-6-5-10(14)8-12(11)15/h5-6,8,13H,3-4,7,9H2,1-2H3. The van der Waals surface area contributed by atoms with Crippen LogP contribution in [0.1, 0.15) is 30.7 Å². The smallest absolute Gasteiger partial charge is 0.0726 e.